The van der Waals surface area contributed by atoms with Crippen molar-refractivity contribution >= 4 is 120 Å². The molecule has 20 N–H and O–H groups in total. The van der Waals surface area contributed by atoms with E-state index in [1.54, 1.807) is 6.07 Å². The van der Waals surface area contributed by atoms with E-state index in [2.05, 4.69) is 58.5 Å². The number of carboxylic acids is 8. The highest BCUT2D eigenvalue weighted by Crippen LogP contribution is 2.23. The van der Waals surface area contributed by atoms with Crippen molar-refractivity contribution in [1.29, 1.82) is 0 Å². The lowest BCUT2D eigenvalue weighted by Crippen LogP contribution is -2.46. The Kier molecular flexibility index (Phi) is 67.9. The number of nitrogens with one attached hydrogen (secondary N) is 12. The second kappa shape index (κ2) is 73.1. The van der Waals surface area contributed by atoms with Crippen LogP contribution in [0.1, 0.15) is 170 Å². The van der Waals surface area contributed by atoms with Crippen LogP contribution in [0.4, 0.5) is 54.3 Å². The van der Waals surface area contributed by atoms with Crippen LogP contribution >= 0.6 is 0 Å². The Morgan fingerprint density at radius 2 is 0.531 bits per heavy atom. The van der Waals surface area contributed by atoms with Gasteiger partial charge in [-0.15, -0.1) is 0 Å². The van der Waals surface area contributed by atoms with Crippen LogP contribution in [0.5, 0.6) is 0 Å². The van der Waals surface area contributed by atoms with Crippen molar-refractivity contribution in [3.63, 3.8) is 0 Å². The van der Waals surface area contributed by atoms with Gasteiger partial charge in [0.2, 0.25) is 5.82 Å². The minimum Gasteiger partial charge on any atom is -0.481 e. The summed E-state index contributed by atoms with van der Waals surface area (Å²) < 4.78 is 106. The lowest BCUT2D eigenvalue weighted by atomic mass is 10.1. The van der Waals surface area contributed by atoms with E-state index in [9.17, 15) is 112 Å². The molecule has 0 aliphatic rings. The van der Waals surface area contributed by atoms with Gasteiger partial charge in [-0.2, -0.15) is 38.4 Å². The van der Waals surface area contributed by atoms with Gasteiger partial charge in [0.25, 0.3) is 23.6 Å². The number of urea groups is 4. The molecule has 704 valence electrons. The van der Waals surface area contributed by atoms with Gasteiger partial charge in [0.1, 0.15) is 47.2 Å². The Morgan fingerprint density at radius 3 is 0.805 bits per heavy atom. The van der Waals surface area contributed by atoms with E-state index in [0.717, 1.165) is 6.07 Å². The maximum atomic E-state index is 13.5. The Labute approximate surface area is 719 Å². The SMILES string of the molecule is O=C(O)CC[C@H](NC(=O)NCCCCCNC(=O)c1c(F)c(F)c([18F])c(F)c1F)C(=O)O.O=C(O)CC[C@H](NC(=O)NCCCCCNC(=O)c1ccc([18F])cc1)C(=O)O.O=C(O)CC[C@H](NC(=O)NCCCCCNC(=O)c1cccc([18F])c1)C(=O)O.O=C(O)CC[C@H](NC(=O)NCCCCCNC(=O)c1ccccc1[18F])C(=O)O.O=C=O.O=C=O.O=C=O.O=C=O. The molecule has 44 nitrogen and oxygen atoms in total. The predicted molar refractivity (Wildman–Crippen MR) is 410 cm³/mol. The number of carboxylic acid groups (broad SMARTS) is 8. The van der Waals surface area contributed by atoms with Gasteiger partial charge >= 0.3 is 96.5 Å². The maximum absolute atomic E-state index is 13.5. The van der Waals surface area contributed by atoms with Crippen molar-refractivity contribution in [3.8, 4) is 0 Å². The van der Waals surface area contributed by atoms with E-state index in [1.807, 2.05) is 5.32 Å². The molecule has 12 amide bonds. The van der Waals surface area contributed by atoms with Gasteiger partial charge in [0.15, 0.2) is 23.3 Å². The van der Waals surface area contributed by atoms with Crippen molar-refractivity contribution < 1.29 is 191 Å². The largest absolute Gasteiger partial charge is 0.481 e. The number of aliphatic carboxylic acids is 8. The highest BCUT2D eigenvalue weighted by Gasteiger charge is 2.30. The molecule has 52 heteroatoms. The molecule has 0 aliphatic heterocycles. The first-order valence-electron chi connectivity index (χ1n) is 37.4. The summed E-state index contributed by atoms with van der Waals surface area (Å²) in [6.45, 7) is 2.02. The summed E-state index contributed by atoms with van der Waals surface area (Å²) in [6, 6.07) is 8.20. The third kappa shape index (κ3) is 60.9. The van der Waals surface area contributed by atoms with Crippen molar-refractivity contribution in [1.82, 2.24) is 63.8 Å². The van der Waals surface area contributed by atoms with E-state index in [4.69, 9.17) is 79.2 Å². The normalized spacial score (nSPS) is 10.6. The molecule has 4 aromatic rings. The smallest absolute Gasteiger partial charge is 0.373 e. The number of halogens is 8. The average Bonchev–Trinajstić information content (AvgIpc) is 0.787. The van der Waals surface area contributed by atoms with Crippen LogP contribution in [0.25, 0.3) is 0 Å². The molecule has 0 aromatic heterocycles. The third-order valence-corrected chi connectivity index (χ3v) is 15.4. The monoisotopic (exact) mass is 1830 g/mol. The first kappa shape index (κ1) is 119. The Hall–Kier alpha value is -15.4. The van der Waals surface area contributed by atoms with Crippen molar-refractivity contribution in [2.75, 3.05) is 52.4 Å². The van der Waals surface area contributed by atoms with Gasteiger partial charge in [-0.3, -0.25) is 38.4 Å². The summed E-state index contributed by atoms with van der Waals surface area (Å²) in [4.78, 5) is 245. The van der Waals surface area contributed by atoms with Crippen LogP contribution < -0.4 is 63.8 Å². The molecule has 4 rings (SSSR count). The second-order valence-corrected chi connectivity index (χ2v) is 24.9. The van der Waals surface area contributed by atoms with Gasteiger partial charge in [-0.25, -0.2) is 73.5 Å². The van der Waals surface area contributed by atoms with Gasteiger partial charge in [0.05, 0.1) is 5.56 Å². The van der Waals surface area contributed by atoms with Crippen LogP contribution in [-0.4, -0.2) is 237 Å². The van der Waals surface area contributed by atoms with Crippen LogP contribution in [0.2, 0.25) is 0 Å². The van der Waals surface area contributed by atoms with Crippen molar-refractivity contribution in [2.45, 2.75) is 153 Å². The van der Waals surface area contributed by atoms with E-state index < -0.39 is 166 Å². The Bertz CT molecular complexity index is 4300. The van der Waals surface area contributed by atoms with Crippen LogP contribution in [-0.2, 0) is 76.7 Å². The molecule has 0 saturated carbocycles. The topological polar surface area (TPSA) is 716 Å². The van der Waals surface area contributed by atoms with E-state index >= 15 is 0 Å². The van der Waals surface area contributed by atoms with Gasteiger partial charge in [-0.05, 0) is 157 Å². The van der Waals surface area contributed by atoms with E-state index in [0.29, 0.717) is 115 Å². The zero-order valence-electron chi connectivity index (χ0n) is 67.4. The molecule has 4 aromatic carbocycles. The number of hydrogen-bond acceptors (Lipinski definition) is 24. The minimum atomic E-state index is -2.37. The molecule has 0 spiro atoms. The number of unbranched alkanes of at least 4 members (excludes halogenated alkanes) is 8. The number of carbonyl (C=O) groups is 16. The molecule has 0 fully saturated rings. The quantitative estimate of drug-likeness (QED) is 0.0130. The molecule has 4 atom stereocenters. The number of amides is 12. The van der Waals surface area contributed by atoms with Crippen LogP contribution in [0, 0.1) is 46.5 Å². The summed E-state index contributed by atoms with van der Waals surface area (Å²) in [5.41, 5.74) is -0.989. The third-order valence-electron chi connectivity index (χ3n) is 15.4. The highest BCUT2D eigenvalue weighted by atomic mass is 19.2. The fraction of sp³-hybridized carbons (Fsp3) is 0.421. The number of benzene rings is 4. The van der Waals surface area contributed by atoms with Crippen molar-refractivity contribution in [2.24, 2.45) is 0 Å². The summed E-state index contributed by atoms with van der Waals surface area (Å²) in [5, 5.41) is 98.6. The first-order valence-corrected chi connectivity index (χ1v) is 37.4. The second-order valence-electron chi connectivity index (χ2n) is 24.9. The molecule has 0 unspecified atom stereocenters. The zero-order valence-corrected chi connectivity index (χ0v) is 67.4. The molecule has 0 saturated heterocycles. The molecule has 128 heavy (non-hydrogen) atoms. The summed E-state index contributed by atoms with van der Waals surface area (Å²) in [7, 11) is 0. The first-order chi connectivity index (χ1) is 60.5. The minimum absolute atomic E-state index is 0.0169. The molecule has 0 heterocycles. The van der Waals surface area contributed by atoms with Crippen LogP contribution in [0.15, 0.2) is 72.8 Å². The Balaban J connectivity index is -0.000000767. The van der Waals surface area contributed by atoms with Crippen LogP contribution in [0.3, 0.4) is 0 Å². The number of rotatable bonds is 48. The molecular formula is C76H92F8N12O32. The summed E-state index contributed by atoms with van der Waals surface area (Å²) in [5.74, 6) is -25.3. The highest BCUT2D eigenvalue weighted by molar-refractivity contribution is 5.96. The van der Waals surface area contributed by atoms with E-state index in [-0.39, 0.29) is 112 Å². The summed E-state index contributed by atoms with van der Waals surface area (Å²) >= 11 is 0. The lowest BCUT2D eigenvalue weighted by Gasteiger charge is -2.14. The lowest BCUT2D eigenvalue weighted by molar-refractivity contribution is -0.193. The zero-order chi connectivity index (χ0) is 98.1. The number of carbonyl (C=O) groups excluding carboxylic acids is 16. The predicted octanol–water partition coefficient (Wildman–Crippen LogP) is 3.59. The fourth-order valence-electron chi connectivity index (χ4n) is 9.33. The summed E-state index contributed by atoms with van der Waals surface area (Å²) in [6.07, 6.45) is 5.36. The van der Waals surface area contributed by atoms with Crippen molar-refractivity contribution in [3.05, 3.63) is 142 Å². The molecule has 0 radical (unpaired) electrons. The Morgan fingerprint density at radius 1 is 0.273 bits per heavy atom. The van der Waals surface area contributed by atoms with Gasteiger partial charge in [0, 0.05) is 89.2 Å². The van der Waals surface area contributed by atoms with Gasteiger partial charge in [-0.1, -0.05) is 18.2 Å². The van der Waals surface area contributed by atoms with Gasteiger partial charge < -0.3 is 105 Å². The number of hydrogen-bond donors (Lipinski definition) is 20. The fourth-order valence-corrected chi connectivity index (χ4v) is 9.33. The van der Waals surface area contributed by atoms with E-state index in [1.165, 1.54) is 60.7 Å². The molecular weight excluding hydrogens is 1740 g/mol. The molecule has 0 bridgehead atoms. The average molecular weight is 1830 g/mol. The standard InChI is InChI=1S/C18H20F5N3O6.3C18H24FN3O6.4CO2/c19-11-10(12(20)14(22)15(23)13(11)21)16(29)24-6-2-1-3-7-25-18(32)26-8(17(30)31)4-5-9(27)28;19-13-7-3-2-6-12(13)16(25)20-10-4-1-5-11-21-18(28)22-14(17(26)27)8-9-15(23)24;19-13-6-4-12(5-7-13)16(25)20-10-2-1-3-11-21-18(28)22-14(17(26)27)8-9-15(23)24;19-13-6-4-5-12(11-13)16(25)20-9-2-1-3-10-21-18(28)22-14(17(26)27)7-8-15(23)24;4*2-1-3/h8H,1-7H2,(H,24,29)(H,27,28)(H,30,31)(H2,25,26,32);2-3,6-7,14H,1,4-5,8-11H2,(H,20,25)(H,23,24)(H,26,27)(H2,21,22,28);4-7,14H,1-3,8-11H2,(H,20,25)(H,23,24)(H,26,27)(H2,21,22,28);4-6,11,14H,1-3,7-10H2,(H,20,25)(H,23,24)(H,26,27)(H2,21,22,28);;;;/t8-;3*14-;;;;/m0000..../s1/i23-1;3*19-1;;;;. The maximum Gasteiger partial charge on any atom is 0.373 e. The molecule has 0 aliphatic carbocycles.